The third-order valence-electron chi connectivity index (χ3n) is 5.15. The third-order valence-corrected chi connectivity index (χ3v) is 5.15. The van der Waals surface area contributed by atoms with Gasteiger partial charge in [-0.25, -0.2) is 9.37 Å². The molecule has 31 heavy (non-hydrogen) atoms. The van der Waals surface area contributed by atoms with Crippen molar-refractivity contribution in [2.45, 2.75) is 19.0 Å². The summed E-state index contributed by atoms with van der Waals surface area (Å²) in [6, 6.07) is 6.16. The van der Waals surface area contributed by atoms with Gasteiger partial charge in [0.15, 0.2) is 11.6 Å². The van der Waals surface area contributed by atoms with Crippen molar-refractivity contribution in [1.29, 1.82) is 0 Å². The topological polar surface area (TPSA) is 97.8 Å². The second kappa shape index (κ2) is 8.47. The van der Waals surface area contributed by atoms with Crippen molar-refractivity contribution in [2.24, 2.45) is 0 Å². The highest BCUT2D eigenvalue weighted by Gasteiger charge is 2.47. The lowest BCUT2D eigenvalue weighted by molar-refractivity contribution is -0.140. The molecule has 0 aliphatic carbocycles. The van der Waals surface area contributed by atoms with Crippen molar-refractivity contribution in [2.75, 3.05) is 13.7 Å². The van der Waals surface area contributed by atoms with Gasteiger partial charge in [0.2, 0.25) is 0 Å². The first kappa shape index (κ1) is 20.4. The summed E-state index contributed by atoms with van der Waals surface area (Å²) in [6.45, 7) is 0.847. The number of hydrogen-bond donors (Lipinski definition) is 1. The minimum atomic E-state index is -0.914. The first-order valence-electron chi connectivity index (χ1n) is 9.62. The number of rotatable bonds is 7. The number of furan rings is 1. The van der Waals surface area contributed by atoms with E-state index < -0.39 is 29.3 Å². The molecule has 0 bridgehead atoms. The number of amides is 1. The van der Waals surface area contributed by atoms with Crippen LogP contribution in [-0.4, -0.2) is 44.9 Å². The fourth-order valence-corrected chi connectivity index (χ4v) is 3.67. The van der Waals surface area contributed by atoms with Crippen LogP contribution in [0.15, 0.2) is 65.3 Å². The number of halogens is 1. The molecular weight excluding hydrogens is 405 g/mol. The van der Waals surface area contributed by atoms with E-state index in [2.05, 4.69) is 4.98 Å². The number of ether oxygens (including phenoxy) is 1. The number of Topliss-reactive ketones (excluding diaryl/α,β-unsaturated/α-hetero) is 1. The fourth-order valence-electron chi connectivity index (χ4n) is 3.67. The highest BCUT2D eigenvalue weighted by Crippen LogP contribution is 2.40. The van der Waals surface area contributed by atoms with Crippen LogP contribution in [0.3, 0.4) is 0 Å². The molecule has 1 atom stereocenters. The van der Waals surface area contributed by atoms with E-state index in [1.54, 1.807) is 30.9 Å². The standard InChI is InChI=1S/C22H20FN3O5/c1-30-16-6-5-14(12-15(16)23)20(27)18-19(17-4-2-11-31-17)26(22(29)21(18)28)9-3-8-25-10-7-24-13-25/h2,4-7,10-13,19,27H,3,8-9H2,1H3/b20-18+/t19-/m1/s1. The largest absolute Gasteiger partial charge is 0.507 e. The van der Waals surface area contributed by atoms with Gasteiger partial charge in [0.05, 0.1) is 25.3 Å². The van der Waals surface area contributed by atoms with Crippen LogP contribution in [0.25, 0.3) is 5.76 Å². The van der Waals surface area contributed by atoms with Gasteiger partial charge in [0.1, 0.15) is 17.6 Å². The summed E-state index contributed by atoms with van der Waals surface area (Å²) in [5.41, 5.74) is -0.0848. The maximum atomic E-state index is 14.2. The maximum Gasteiger partial charge on any atom is 0.295 e. The van der Waals surface area contributed by atoms with Gasteiger partial charge >= 0.3 is 0 Å². The van der Waals surface area contributed by atoms with Gasteiger partial charge < -0.3 is 23.7 Å². The van der Waals surface area contributed by atoms with Crippen molar-refractivity contribution in [3.05, 3.63) is 78.0 Å². The summed E-state index contributed by atoms with van der Waals surface area (Å²) in [4.78, 5) is 31.0. The molecule has 0 spiro atoms. The lowest BCUT2D eigenvalue weighted by Gasteiger charge is -2.23. The van der Waals surface area contributed by atoms with E-state index in [-0.39, 0.29) is 23.4 Å². The first-order chi connectivity index (χ1) is 15.0. The molecule has 1 saturated heterocycles. The Morgan fingerprint density at radius 3 is 2.77 bits per heavy atom. The van der Waals surface area contributed by atoms with Crippen molar-refractivity contribution in [3.63, 3.8) is 0 Å². The average Bonchev–Trinajstić information content (AvgIpc) is 3.52. The Morgan fingerprint density at radius 1 is 1.29 bits per heavy atom. The molecule has 8 nitrogen and oxygen atoms in total. The van der Waals surface area contributed by atoms with Crippen LogP contribution in [0.5, 0.6) is 5.75 Å². The average molecular weight is 425 g/mol. The molecule has 1 fully saturated rings. The van der Waals surface area contributed by atoms with Crippen molar-refractivity contribution < 1.29 is 28.2 Å². The van der Waals surface area contributed by atoms with Crippen molar-refractivity contribution >= 4 is 17.4 Å². The number of aryl methyl sites for hydroxylation is 1. The molecule has 2 aromatic heterocycles. The van der Waals surface area contributed by atoms with Crippen LogP contribution in [0.4, 0.5) is 4.39 Å². The number of aliphatic hydroxyl groups is 1. The summed E-state index contributed by atoms with van der Waals surface area (Å²) < 4.78 is 26.4. The number of hydrogen-bond acceptors (Lipinski definition) is 6. The van der Waals surface area contributed by atoms with Gasteiger partial charge in [-0.05, 0) is 36.8 Å². The quantitative estimate of drug-likeness (QED) is 0.355. The summed E-state index contributed by atoms with van der Waals surface area (Å²) in [5.74, 6) is -2.44. The number of aromatic nitrogens is 2. The van der Waals surface area contributed by atoms with Gasteiger partial charge in [-0.2, -0.15) is 0 Å². The molecule has 1 N–H and O–H groups in total. The number of benzene rings is 1. The Hall–Kier alpha value is -3.88. The van der Waals surface area contributed by atoms with E-state index in [0.29, 0.717) is 18.7 Å². The van der Waals surface area contributed by atoms with Gasteiger partial charge in [0.25, 0.3) is 11.7 Å². The molecule has 3 aromatic rings. The smallest absolute Gasteiger partial charge is 0.295 e. The Bertz CT molecular complexity index is 1120. The highest BCUT2D eigenvalue weighted by atomic mass is 19.1. The predicted octanol–water partition coefficient (Wildman–Crippen LogP) is 3.14. The Kier molecular flexibility index (Phi) is 5.57. The monoisotopic (exact) mass is 425 g/mol. The molecule has 1 amide bonds. The number of nitrogens with zero attached hydrogens (tertiary/aromatic N) is 3. The number of ketones is 1. The molecule has 9 heteroatoms. The van der Waals surface area contributed by atoms with Crippen LogP contribution >= 0.6 is 0 Å². The van der Waals surface area contributed by atoms with E-state index in [9.17, 15) is 19.1 Å². The first-order valence-corrected chi connectivity index (χ1v) is 9.62. The predicted molar refractivity (Wildman–Crippen MR) is 108 cm³/mol. The van der Waals surface area contributed by atoms with E-state index >= 15 is 0 Å². The van der Waals surface area contributed by atoms with Crippen LogP contribution < -0.4 is 4.74 Å². The molecule has 1 aliphatic rings. The summed E-state index contributed by atoms with van der Waals surface area (Å²) in [7, 11) is 1.32. The van der Waals surface area contributed by atoms with Crippen molar-refractivity contribution in [1.82, 2.24) is 14.5 Å². The SMILES string of the molecule is COc1ccc(/C(O)=C2\C(=O)C(=O)N(CCCn3ccnc3)[C@@H]2c2ccco2)cc1F. The lowest BCUT2D eigenvalue weighted by Crippen LogP contribution is -2.31. The number of methoxy groups -OCH3 is 1. The minimum Gasteiger partial charge on any atom is -0.507 e. The number of carbonyl (C=O) groups excluding carboxylic acids is 2. The van der Waals surface area contributed by atoms with E-state index in [4.69, 9.17) is 9.15 Å². The molecule has 0 saturated carbocycles. The van der Waals surface area contributed by atoms with Gasteiger partial charge in [0, 0.05) is 31.0 Å². The second-order valence-corrected chi connectivity index (χ2v) is 7.01. The van der Waals surface area contributed by atoms with Crippen molar-refractivity contribution in [3.8, 4) is 5.75 Å². The molecule has 3 heterocycles. The summed E-state index contributed by atoms with van der Waals surface area (Å²) in [6.07, 6.45) is 7.10. The molecule has 160 valence electrons. The normalized spacial score (nSPS) is 18.0. The van der Waals surface area contributed by atoms with E-state index in [0.717, 1.165) is 6.07 Å². The Morgan fingerprint density at radius 2 is 2.13 bits per heavy atom. The van der Waals surface area contributed by atoms with Gasteiger partial charge in [-0.15, -0.1) is 0 Å². The van der Waals surface area contributed by atoms with E-state index in [1.807, 2.05) is 4.57 Å². The molecule has 0 radical (unpaired) electrons. The minimum absolute atomic E-state index is 0.000845. The number of aliphatic hydroxyl groups excluding tert-OH is 1. The van der Waals surface area contributed by atoms with Crippen LogP contribution in [0.1, 0.15) is 23.8 Å². The van der Waals surface area contributed by atoms with Crippen LogP contribution in [0.2, 0.25) is 0 Å². The highest BCUT2D eigenvalue weighted by molar-refractivity contribution is 6.46. The maximum absolute atomic E-state index is 14.2. The second-order valence-electron chi connectivity index (χ2n) is 7.01. The summed E-state index contributed by atoms with van der Waals surface area (Å²) in [5, 5.41) is 10.9. The van der Waals surface area contributed by atoms with Gasteiger partial charge in [-0.3, -0.25) is 9.59 Å². The lowest BCUT2D eigenvalue weighted by atomic mass is 9.99. The van der Waals surface area contributed by atoms with Crippen LogP contribution in [-0.2, 0) is 16.1 Å². The number of likely N-dealkylation sites (tertiary alicyclic amines) is 1. The zero-order chi connectivity index (χ0) is 22.0. The molecule has 1 aromatic carbocycles. The fraction of sp³-hybridized carbons (Fsp3) is 0.227. The Balaban J connectivity index is 1.70. The van der Waals surface area contributed by atoms with Gasteiger partial charge in [-0.1, -0.05) is 0 Å². The zero-order valence-electron chi connectivity index (χ0n) is 16.7. The molecule has 1 aliphatic heterocycles. The number of imidazole rings is 1. The molecule has 0 unspecified atom stereocenters. The third kappa shape index (κ3) is 3.81. The number of carbonyl (C=O) groups is 2. The molecule has 4 rings (SSSR count). The summed E-state index contributed by atoms with van der Waals surface area (Å²) >= 11 is 0. The van der Waals surface area contributed by atoms with Crippen LogP contribution in [0, 0.1) is 5.82 Å². The Labute approximate surface area is 177 Å². The molecular formula is C22H20FN3O5. The zero-order valence-corrected chi connectivity index (χ0v) is 16.7. The van der Waals surface area contributed by atoms with E-state index in [1.165, 1.54) is 30.4 Å².